The first kappa shape index (κ1) is 7.09. The Labute approximate surface area is 51.8 Å². The van der Waals surface area contributed by atoms with Crippen molar-refractivity contribution in [3.63, 3.8) is 0 Å². The van der Waals surface area contributed by atoms with Crippen molar-refractivity contribution in [1.29, 1.82) is 0 Å². The molecule has 1 unspecified atom stereocenters. The maximum atomic E-state index is 3.17. The van der Waals surface area contributed by atoms with Gasteiger partial charge < -0.3 is 0 Å². The summed E-state index contributed by atoms with van der Waals surface area (Å²) in [6, 6.07) is 0. The standard InChI is InChI=1S/C4H10P.Pd/c1-4(2,3)5;/h5H,1-3H3;/q-1;. The predicted octanol–water partition coefficient (Wildman–Crippen LogP) is 1.93. The van der Waals surface area contributed by atoms with Crippen molar-refractivity contribution in [3.05, 3.63) is 0 Å². The van der Waals surface area contributed by atoms with Crippen molar-refractivity contribution in [2.45, 2.75) is 25.9 Å². The van der Waals surface area contributed by atoms with Crippen LogP contribution < -0.4 is 0 Å². The summed E-state index contributed by atoms with van der Waals surface area (Å²) in [5, 5.41) is 0.503. The van der Waals surface area contributed by atoms with E-state index in [1.165, 1.54) is 0 Å². The van der Waals surface area contributed by atoms with Gasteiger partial charge in [0.25, 0.3) is 0 Å². The van der Waals surface area contributed by atoms with Gasteiger partial charge in [0.15, 0.2) is 0 Å². The van der Waals surface area contributed by atoms with Gasteiger partial charge in [-0.15, -0.1) is 0 Å². The van der Waals surface area contributed by atoms with Crippen LogP contribution in [-0.4, -0.2) is 5.16 Å². The second-order valence-corrected chi connectivity index (χ2v) is 5.15. The third kappa shape index (κ3) is 5.09. The molecule has 0 aromatic carbocycles. The van der Waals surface area contributed by atoms with Gasteiger partial charge in [0.2, 0.25) is 0 Å². The van der Waals surface area contributed by atoms with Gasteiger partial charge in [-0.25, -0.2) is 0 Å². The zero-order valence-electron chi connectivity index (χ0n) is 4.32. The van der Waals surface area contributed by atoms with Crippen molar-refractivity contribution >= 4 is 6.77 Å². The second-order valence-electron chi connectivity index (χ2n) is 2.33. The van der Waals surface area contributed by atoms with E-state index >= 15 is 0 Å². The molecule has 0 aromatic rings. The summed E-state index contributed by atoms with van der Waals surface area (Å²) in [4.78, 5) is 0. The van der Waals surface area contributed by atoms with Crippen molar-refractivity contribution in [2.24, 2.45) is 0 Å². The van der Waals surface area contributed by atoms with E-state index in [9.17, 15) is 0 Å². The van der Waals surface area contributed by atoms with Gasteiger partial charge in [0.1, 0.15) is 0 Å². The molecule has 0 N–H and O–H groups in total. The van der Waals surface area contributed by atoms with Crippen LogP contribution in [0.1, 0.15) is 20.8 Å². The van der Waals surface area contributed by atoms with Crippen LogP contribution in [0.25, 0.3) is 0 Å². The molecule has 0 aliphatic rings. The zero-order valence-corrected chi connectivity index (χ0v) is 6.87. The minimum atomic E-state index is 0.503. The van der Waals surface area contributed by atoms with Crippen LogP contribution in [0.5, 0.6) is 0 Å². The van der Waals surface area contributed by atoms with E-state index in [4.69, 9.17) is 0 Å². The topological polar surface area (TPSA) is 0 Å². The fraction of sp³-hybridized carbons (Fsp3) is 1.00. The monoisotopic (exact) mass is 195 g/mol. The SMILES string of the molecule is CC(C)(C)[PH][Pd-]. The first-order chi connectivity index (χ1) is 2.56. The molecule has 0 bridgehead atoms. The first-order valence-corrected chi connectivity index (χ1v) is 5.06. The van der Waals surface area contributed by atoms with Gasteiger partial charge in [-0.2, -0.15) is 0 Å². The molecule has 0 saturated heterocycles. The van der Waals surface area contributed by atoms with Crippen LogP contribution in [0.2, 0.25) is 0 Å². The molecule has 0 rings (SSSR count). The fourth-order valence-corrected chi connectivity index (χ4v) is 0. The van der Waals surface area contributed by atoms with Crippen LogP contribution in [0.4, 0.5) is 0 Å². The van der Waals surface area contributed by atoms with Crippen LogP contribution in [0, 0.1) is 0 Å². The summed E-state index contributed by atoms with van der Waals surface area (Å²) in [6.45, 7) is 7.57. The molecule has 0 saturated carbocycles. The third-order valence-electron chi connectivity index (χ3n) is 0.237. The quantitative estimate of drug-likeness (QED) is 0.409. The molecule has 0 aromatic heterocycles. The molecule has 0 amide bonds. The molecule has 2 heteroatoms. The molecule has 0 aliphatic carbocycles. The summed E-state index contributed by atoms with van der Waals surface area (Å²) < 4.78 is 0. The second kappa shape index (κ2) is 2.41. The molecule has 0 radical (unpaired) electrons. The van der Waals surface area contributed by atoms with Gasteiger partial charge in [0, 0.05) is 0 Å². The van der Waals surface area contributed by atoms with Crippen molar-refractivity contribution < 1.29 is 18.7 Å². The van der Waals surface area contributed by atoms with E-state index in [1.807, 2.05) is 0 Å². The average molecular weight is 196 g/mol. The fourth-order valence-electron chi connectivity index (χ4n) is 0. The Hall–Kier alpha value is 1.09. The molecular formula is C4H10PPd-. The van der Waals surface area contributed by atoms with Crippen molar-refractivity contribution in [3.8, 4) is 0 Å². The van der Waals surface area contributed by atoms with Gasteiger partial charge in [-0.3, -0.25) is 0 Å². The molecule has 0 nitrogen and oxygen atoms in total. The Balaban J connectivity index is 3.17. The van der Waals surface area contributed by atoms with Crippen LogP contribution in [0.3, 0.4) is 0 Å². The van der Waals surface area contributed by atoms with Gasteiger partial charge >= 0.3 is 51.4 Å². The summed E-state index contributed by atoms with van der Waals surface area (Å²) in [7, 11) is 0. The Morgan fingerprint density at radius 3 is 1.50 bits per heavy atom. The van der Waals surface area contributed by atoms with E-state index in [2.05, 4.69) is 39.5 Å². The third-order valence-corrected chi connectivity index (χ3v) is 4.21. The van der Waals surface area contributed by atoms with Crippen molar-refractivity contribution in [1.82, 2.24) is 0 Å². The van der Waals surface area contributed by atoms with E-state index in [1.54, 1.807) is 0 Å². The molecule has 6 heavy (non-hydrogen) atoms. The van der Waals surface area contributed by atoms with E-state index < -0.39 is 0 Å². The Morgan fingerprint density at radius 2 is 1.50 bits per heavy atom. The van der Waals surface area contributed by atoms with Gasteiger partial charge in [-0.1, -0.05) is 0 Å². The number of hydrogen-bond acceptors (Lipinski definition) is 0. The molecule has 0 spiro atoms. The summed E-state index contributed by atoms with van der Waals surface area (Å²) >= 11 is 3.17. The normalized spacial score (nSPS) is 14.2. The summed E-state index contributed by atoms with van der Waals surface area (Å²) in [5.41, 5.74) is 0. The summed E-state index contributed by atoms with van der Waals surface area (Å²) in [6.07, 6.45) is 0. The first-order valence-electron chi connectivity index (χ1n) is 1.91. The maximum absolute atomic E-state index is 3.17. The Morgan fingerprint density at radius 1 is 1.33 bits per heavy atom. The molecular weight excluding hydrogens is 185 g/mol. The van der Waals surface area contributed by atoms with Crippen LogP contribution >= 0.6 is 6.77 Å². The average Bonchev–Trinajstić information content (AvgIpc) is 1.35. The van der Waals surface area contributed by atoms with Crippen LogP contribution in [-0.2, 0) is 18.7 Å². The number of hydrogen-bond donors (Lipinski definition) is 0. The molecule has 42 valence electrons. The molecule has 0 fully saturated rings. The predicted molar refractivity (Wildman–Crippen MR) is 28.1 cm³/mol. The molecule has 1 atom stereocenters. The van der Waals surface area contributed by atoms with Crippen LogP contribution in [0.15, 0.2) is 0 Å². The van der Waals surface area contributed by atoms with Crippen molar-refractivity contribution in [2.75, 3.05) is 0 Å². The molecule has 0 heterocycles. The summed E-state index contributed by atoms with van der Waals surface area (Å²) in [5.74, 6) is 0. The Bertz CT molecular complexity index is 37.3. The van der Waals surface area contributed by atoms with Gasteiger partial charge in [-0.05, 0) is 0 Å². The van der Waals surface area contributed by atoms with E-state index in [-0.39, 0.29) is 0 Å². The zero-order chi connectivity index (χ0) is 5.21. The molecule has 0 aliphatic heterocycles. The number of rotatable bonds is 0. The van der Waals surface area contributed by atoms with Gasteiger partial charge in [0.05, 0.1) is 0 Å². The minimum absolute atomic E-state index is 0.503. The van der Waals surface area contributed by atoms with E-state index in [0.29, 0.717) is 5.16 Å². The Kier molecular flexibility index (Phi) is 2.85. The van der Waals surface area contributed by atoms with E-state index in [0.717, 1.165) is 6.77 Å².